The molecule has 3 aliphatic heterocycles. The lowest BCUT2D eigenvalue weighted by molar-refractivity contribution is -0.0190. The second kappa shape index (κ2) is 7.64. The van der Waals surface area contributed by atoms with Gasteiger partial charge in [-0.25, -0.2) is 5.01 Å². The number of hydrazone groups is 1. The molecule has 0 fully saturated rings. The van der Waals surface area contributed by atoms with E-state index < -0.39 is 0 Å². The Morgan fingerprint density at radius 3 is 2.66 bits per heavy atom. The molecule has 0 amide bonds. The van der Waals surface area contributed by atoms with Gasteiger partial charge in [0.1, 0.15) is 11.5 Å². The Morgan fingerprint density at radius 2 is 1.81 bits per heavy atom. The van der Waals surface area contributed by atoms with Crippen molar-refractivity contribution in [1.82, 2.24) is 5.01 Å². The van der Waals surface area contributed by atoms with Crippen LogP contribution in [-0.2, 0) is 0 Å². The molecule has 0 aliphatic carbocycles. The molecule has 0 saturated heterocycles. The molecule has 0 spiro atoms. The van der Waals surface area contributed by atoms with Gasteiger partial charge in [-0.1, -0.05) is 11.6 Å². The summed E-state index contributed by atoms with van der Waals surface area (Å²) in [5.41, 5.74) is 4.03. The zero-order valence-corrected chi connectivity index (χ0v) is 18.2. The summed E-state index contributed by atoms with van der Waals surface area (Å²) in [7, 11) is 0. The first-order valence-corrected chi connectivity index (χ1v) is 11.0. The number of hydrogen-bond acceptors (Lipinski definition) is 6. The summed E-state index contributed by atoms with van der Waals surface area (Å²) in [5, 5.41) is 7.72. The lowest BCUT2D eigenvalue weighted by Crippen LogP contribution is -2.33. The van der Waals surface area contributed by atoms with E-state index in [-0.39, 0.29) is 19.1 Å². The third-order valence-electron chi connectivity index (χ3n) is 5.93. The molecular weight excluding hydrogens is 428 g/mol. The lowest BCUT2D eigenvalue weighted by Gasteiger charge is -2.38. The van der Waals surface area contributed by atoms with Crippen molar-refractivity contribution in [3.05, 3.63) is 82.4 Å². The van der Waals surface area contributed by atoms with Crippen molar-refractivity contribution in [1.29, 1.82) is 0 Å². The van der Waals surface area contributed by atoms with Crippen molar-refractivity contribution in [2.24, 2.45) is 5.10 Å². The topological polar surface area (TPSA) is 52.5 Å². The third kappa shape index (κ3) is 3.22. The van der Waals surface area contributed by atoms with E-state index in [1.807, 2.05) is 72.6 Å². The number of ether oxygens (including phenoxy) is 4. The molecule has 6 rings (SSSR count). The van der Waals surface area contributed by atoms with Crippen LogP contribution < -0.4 is 18.9 Å². The molecule has 0 aromatic heterocycles. The van der Waals surface area contributed by atoms with Crippen molar-refractivity contribution in [3.63, 3.8) is 0 Å². The number of nitrogens with zero attached hydrogens (tertiary/aromatic N) is 2. The monoisotopic (exact) mass is 448 g/mol. The first kappa shape index (κ1) is 19.3. The van der Waals surface area contributed by atoms with Crippen LogP contribution in [0.4, 0.5) is 0 Å². The molecule has 0 radical (unpaired) electrons. The van der Waals surface area contributed by atoms with Crippen molar-refractivity contribution in [2.75, 3.05) is 13.4 Å². The minimum atomic E-state index is -0.351. The van der Waals surface area contributed by atoms with Gasteiger partial charge < -0.3 is 18.9 Å². The summed E-state index contributed by atoms with van der Waals surface area (Å²) in [6, 6.07) is 19.7. The average molecular weight is 449 g/mol. The highest BCUT2D eigenvalue weighted by molar-refractivity contribution is 6.30. The fourth-order valence-corrected chi connectivity index (χ4v) is 4.60. The van der Waals surface area contributed by atoms with Gasteiger partial charge in [-0.15, -0.1) is 0 Å². The van der Waals surface area contributed by atoms with Gasteiger partial charge in [-0.05, 0) is 67.6 Å². The predicted molar refractivity (Wildman–Crippen MR) is 121 cm³/mol. The molecule has 3 heterocycles. The van der Waals surface area contributed by atoms with Crippen molar-refractivity contribution in [2.45, 2.75) is 25.6 Å². The van der Waals surface area contributed by atoms with Crippen LogP contribution in [0.1, 0.15) is 42.3 Å². The SMILES string of the molecule is CCOc1ccc([C@@H]2Oc3ccc(Cl)cc3[C@H]3CC(c4ccc5c(c4)OCO5)=NN32)cc1. The highest BCUT2D eigenvalue weighted by Crippen LogP contribution is 2.48. The molecule has 3 aliphatic rings. The maximum absolute atomic E-state index is 6.42. The van der Waals surface area contributed by atoms with E-state index in [4.69, 9.17) is 35.6 Å². The first-order chi connectivity index (χ1) is 15.7. The van der Waals surface area contributed by atoms with Gasteiger partial charge >= 0.3 is 0 Å². The van der Waals surface area contributed by atoms with E-state index in [1.54, 1.807) is 0 Å². The van der Waals surface area contributed by atoms with Crippen LogP contribution in [0.3, 0.4) is 0 Å². The van der Waals surface area contributed by atoms with E-state index in [1.165, 1.54) is 0 Å². The van der Waals surface area contributed by atoms with E-state index in [0.29, 0.717) is 11.6 Å². The van der Waals surface area contributed by atoms with Crippen molar-refractivity contribution in [3.8, 4) is 23.0 Å². The van der Waals surface area contributed by atoms with Gasteiger partial charge in [0, 0.05) is 28.1 Å². The fraction of sp³-hybridized carbons (Fsp3) is 0.240. The Morgan fingerprint density at radius 1 is 1.00 bits per heavy atom. The normalized spacial score (nSPS) is 20.3. The minimum absolute atomic E-state index is 0.0226. The third-order valence-corrected chi connectivity index (χ3v) is 6.17. The van der Waals surface area contributed by atoms with Gasteiger partial charge in [0.25, 0.3) is 0 Å². The second-order valence-electron chi connectivity index (χ2n) is 7.87. The van der Waals surface area contributed by atoms with Crippen LogP contribution in [0.2, 0.25) is 5.02 Å². The second-order valence-corrected chi connectivity index (χ2v) is 8.31. The molecule has 0 N–H and O–H groups in total. The Kier molecular flexibility index (Phi) is 4.61. The number of fused-ring (bicyclic) bond motifs is 4. The molecule has 7 heteroatoms. The van der Waals surface area contributed by atoms with Gasteiger partial charge in [-0.3, -0.25) is 0 Å². The largest absolute Gasteiger partial charge is 0.494 e. The molecule has 162 valence electrons. The maximum atomic E-state index is 6.42. The Balaban J connectivity index is 1.40. The first-order valence-electron chi connectivity index (χ1n) is 10.6. The zero-order valence-electron chi connectivity index (χ0n) is 17.5. The molecule has 0 unspecified atom stereocenters. The lowest BCUT2D eigenvalue weighted by atomic mass is 9.95. The molecule has 0 bridgehead atoms. The van der Waals surface area contributed by atoms with Gasteiger partial charge in [0.2, 0.25) is 13.0 Å². The smallest absolute Gasteiger partial charge is 0.231 e. The van der Waals surface area contributed by atoms with Crippen LogP contribution in [0.25, 0.3) is 0 Å². The van der Waals surface area contributed by atoms with Gasteiger partial charge in [0.05, 0.1) is 18.4 Å². The predicted octanol–water partition coefficient (Wildman–Crippen LogP) is 5.71. The zero-order chi connectivity index (χ0) is 21.7. The Hall–Kier alpha value is -3.38. The van der Waals surface area contributed by atoms with Crippen LogP contribution in [-0.4, -0.2) is 24.1 Å². The van der Waals surface area contributed by atoms with E-state index in [9.17, 15) is 0 Å². The summed E-state index contributed by atoms with van der Waals surface area (Å²) in [5.74, 6) is 3.18. The fourth-order valence-electron chi connectivity index (χ4n) is 4.42. The summed E-state index contributed by atoms with van der Waals surface area (Å²) in [6.07, 6.45) is 0.389. The molecular formula is C25H21ClN2O4. The van der Waals surface area contributed by atoms with Gasteiger partial charge in [-0.2, -0.15) is 5.10 Å². The molecule has 3 aromatic carbocycles. The average Bonchev–Trinajstić information content (AvgIpc) is 3.46. The summed E-state index contributed by atoms with van der Waals surface area (Å²) < 4.78 is 23.0. The van der Waals surface area contributed by atoms with Crippen LogP contribution in [0.5, 0.6) is 23.0 Å². The van der Waals surface area contributed by atoms with E-state index in [2.05, 4.69) is 0 Å². The number of rotatable bonds is 4. The van der Waals surface area contributed by atoms with Crippen LogP contribution in [0, 0.1) is 0 Å². The highest BCUT2D eigenvalue weighted by Gasteiger charge is 2.41. The summed E-state index contributed by atoms with van der Waals surface area (Å²) in [6.45, 7) is 2.85. The van der Waals surface area contributed by atoms with Gasteiger partial charge in [0.15, 0.2) is 11.5 Å². The molecule has 2 atom stereocenters. The van der Waals surface area contributed by atoms with E-state index >= 15 is 0 Å². The minimum Gasteiger partial charge on any atom is -0.494 e. The number of hydrogen-bond donors (Lipinski definition) is 0. The summed E-state index contributed by atoms with van der Waals surface area (Å²) >= 11 is 6.33. The summed E-state index contributed by atoms with van der Waals surface area (Å²) in [4.78, 5) is 0. The van der Waals surface area contributed by atoms with Crippen molar-refractivity contribution >= 4 is 17.3 Å². The molecule has 32 heavy (non-hydrogen) atoms. The maximum Gasteiger partial charge on any atom is 0.231 e. The van der Waals surface area contributed by atoms with Crippen molar-refractivity contribution < 1.29 is 18.9 Å². The highest BCUT2D eigenvalue weighted by atomic mass is 35.5. The standard InChI is InChI=1S/C25H21ClN2O4/c1-2-29-18-7-3-15(4-8-18)25-28-21(19-12-17(26)6-10-22(19)32-25)13-20(27-28)16-5-9-23-24(11-16)31-14-30-23/h3-12,21,25H,2,13-14H2,1H3/t21-,25+/m1/s1. The van der Waals surface area contributed by atoms with E-state index in [0.717, 1.165) is 51.8 Å². The quantitative estimate of drug-likeness (QED) is 0.511. The molecule has 6 nitrogen and oxygen atoms in total. The van der Waals surface area contributed by atoms with Crippen LogP contribution >= 0.6 is 11.6 Å². The molecule has 3 aromatic rings. The molecule has 0 saturated carbocycles. The number of halogens is 1. The van der Waals surface area contributed by atoms with Crippen LogP contribution in [0.15, 0.2) is 65.8 Å². The number of benzene rings is 3. The Bertz CT molecular complexity index is 1210. The Labute approximate surface area is 190 Å².